The Kier molecular flexibility index (Phi) is 3.14. The van der Waals surface area contributed by atoms with Crippen LogP contribution in [0.2, 0.25) is 0 Å². The molecule has 5 nitrogen and oxygen atoms in total. The maximum absolute atomic E-state index is 4.39. The van der Waals surface area contributed by atoms with Crippen molar-refractivity contribution in [3.63, 3.8) is 0 Å². The summed E-state index contributed by atoms with van der Waals surface area (Å²) in [5.74, 6) is 1.45. The molecule has 0 bridgehead atoms. The van der Waals surface area contributed by atoms with Gasteiger partial charge in [-0.3, -0.25) is 0 Å². The molecule has 0 amide bonds. The number of nitrogens with zero attached hydrogens (tertiary/aromatic N) is 4. The van der Waals surface area contributed by atoms with E-state index in [0.717, 1.165) is 24.5 Å². The highest BCUT2D eigenvalue weighted by Crippen LogP contribution is 2.08. The van der Waals surface area contributed by atoms with Gasteiger partial charge in [-0.2, -0.15) is 10.1 Å². The fraction of sp³-hybridized carbons (Fsp3) is 0.364. The second-order valence-corrected chi connectivity index (χ2v) is 3.57. The maximum Gasteiger partial charge on any atom is 0.224 e. The minimum Gasteiger partial charge on any atom is -0.354 e. The normalized spacial score (nSPS) is 10.4. The summed E-state index contributed by atoms with van der Waals surface area (Å²) in [6.07, 6.45) is 4.65. The fourth-order valence-electron chi connectivity index (χ4n) is 1.39. The van der Waals surface area contributed by atoms with E-state index in [0.29, 0.717) is 5.95 Å². The Bertz CT molecular complexity index is 449. The standard InChI is InChI=1S/C11H15N5/c1-3-5-12-11-14-9(2)8-10(15-11)16-7-4-6-13-16/h4,6-8H,3,5H2,1-2H3,(H,12,14,15). The van der Waals surface area contributed by atoms with Gasteiger partial charge in [-0.05, 0) is 19.4 Å². The van der Waals surface area contributed by atoms with Gasteiger partial charge in [0.2, 0.25) is 5.95 Å². The van der Waals surface area contributed by atoms with E-state index < -0.39 is 0 Å². The van der Waals surface area contributed by atoms with Crippen LogP contribution in [0.5, 0.6) is 0 Å². The highest BCUT2D eigenvalue weighted by atomic mass is 15.3. The summed E-state index contributed by atoms with van der Waals surface area (Å²) >= 11 is 0. The molecule has 0 aliphatic carbocycles. The molecule has 84 valence electrons. The Morgan fingerprint density at radius 2 is 2.25 bits per heavy atom. The van der Waals surface area contributed by atoms with E-state index >= 15 is 0 Å². The third-order valence-electron chi connectivity index (χ3n) is 2.11. The molecular formula is C11H15N5. The third-order valence-corrected chi connectivity index (χ3v) is 2.11. The average molecular weight is 217 g/mol. The van der Waals surface area contributed by atoms with E-state index in [2.05, 4.69) is 27.3 Å². The van der Waals surface area contributed by atoms with Gasteiger partial charge < -0.3 is 5.32 Å². The Morgan fingerprint density at radius 1 is 1.38 bits per heavy atom. The first-order valence-electron chi connectivity index (χ1n) is 5.39. The van der Waals surface area contributed by atoms with Gasteiger partial charge in [-0.25, -0.2) is 9.67 Å². The van der Waals surface area contributed by atoms with Gasteiger partial charge in [-0.1, -0.05) is 6.92 Å². The van der Waals surface area contributed by atoms with Crippen molar-refractivity contribution in [2.45, 2.75) is 20.3 Å². The van der Waals surface area contributed by atoms with E-state index in [1.807, 2.05) is 25.3 Å². The number of hydrogen-bond donors (Lipinski definition) is 1. The summed E-state index contributed by atoms with van der Waals surface area (Å²) in [6.45, 7) is 4.94. The van der Waals surface area contributed by atoms with Crippen LogP contribution in [0.3, 0.4) is 0 Å². The van der Waals surface area contributed by atoms with Crippen molar-refractivity contribution in [2.24, 2.45) is 0 Å². The third kappa shape index (κ3) is 2.36. The summed E-state index contributed by atoms with van der Waals surface area (Å²) in [6, 6.07) is 3.78. The molecule has 16 heavy (non-hydrogen) atoms. The molecule has 0 saturated carbocycles. The SMILES string of the molecule is CCCNc1nc(C)cc(-n2cccn2)n1. The highest BCUT2D eigenvalue weighted by molar-refractivity contribution is 5.34. The Hall–Kier alpha value is -1.91. The van der Waals surface area contributed by atoms with Gasteiger partial charge in [0.1, 0.15) is 0 Å². The lowest BCUT2D eigenvalue weighted by Crippen LogP contribution is -2.08. The molecule has 0 fully saturated rings. The number of nitrogens with one attached hydrogen (secondary N) is 1. The first-order chi connectivity index (χ1) is 7.79. The Balaban J connectivity index is 2.29. The van der Waals surface area contributed by atoms with Crippen LogP contribution in [-0.4, -0.2) is 26.3 Å². The van der Waals surface area contributed by atoms with Crippen LogP contribution >= 0.6 is 0 Å². The lowest BCUT2D eigenvalue weighted by Gasteiger charge is -2.06. The molecule has 0 atom stereocenters. The quantitative estimate of drug-likeness (QED) is 0.848. The van der Waals surface area contributed by atoms with Crippen molar-refractivity contribution >= 4 is 5.95 Å². The molecule has 0 spiro atoms. The molecule has 2 rings (SSSR count). The van der Waals surface area contributed by atoms with Crippen LogP contribution < -0.4 is 5.32 Å². The lowest BCUT2D eigenvalue weighted by molar-refractivity contribution is 0.832. The number of aromatic nitrogens is 4. The number of hydrogen-bond acceptors (Lipinski definition) is 4. The summed E-state index contributed by atoms with van der Waals surface area (Å²) in [5, 5.41) is 7.32. The first-order valence-corrected chi connectivity index (χ1v) is 5.39. The number of anilines is 1. The van der Waals surface area contributed by atoms with E-state index in [4.69, 9.17) is 0 Å². The minimum atomic E-state index is 0.660. The molecule has 2 aromatic heterocycles. The van der Waals surface area contributed by atoms with Crippen molar-refractivity contribution in [3.05, 3.63) is 30.2 Å². The van der Waals surface area contributed by atoms with Crippen molar-refractivity contribution in [3.8, 4) is 5.82 Å². The minimum absolute atomic E-state index is 0.660. The molecule has 2 heterocycles. The van der Waals surface area contributed by atoms with Gasteiger partial charge in [0.15, 0.2) is 5.82 Å². The van der Waals surface area contributed by atoms with Gasteiger partial charge in [-0.15, -0.1) is 0 Å². The predicted molar refractivity (Wildman–Crippen MR) is 62.7 cm³/mol. The van der Waals surface area contributed by atoms with Crippen LogP contribution in [0.15, 0.2) is 24.5 Å². The van der Waals surface area contributed by atoms with Gasteiger partial charge in [0.05, 0.1) is 0 Å². The maximum atomic E-state index is 4.39. The molecule has 0 saturated heterocycles. The molecule has 0 radical (unpaired) electrons. The van der Waals surface area contributed by atoms with Gasteiger partial charge >= 0.3 is 0 Å². The number of rotatable bonds is 4. The van der Waals surface area contributed by atoms with Crippen molar-refractivity contribution in [1.29, 1.82) is 0 Å². The molecule has 0 aliphatic heterocycles. The average Bonchev–Trinajstić information content (AvgIpc) is 2.79. The zero-order valence-corrected chi connectivity index (χ0v) is 9.51. The van der Waals surface area contributed by atoms with E-state index in [9.17, 15) is 0 Å². The van der Waals surface area contributed by atoms with Crippen molar-refractivity contribution in [1.82, 2.24) is 19.7 Å². The first kappa shape index (κ1) is 10.6. The summed E-state index contributed by atoms with van der Waals surface area (Å²) in [4.78, 5) is 8.71. The molecule has 2 aromatic rings. The number of aryl methyl sites for hydroxylation is 1. The predicted octanol–water partition coefficient (Wildman–Crippen LogP) is 1.79. The molecule has 5 heteroatoms. The smallest absolute Gasteiger partial charge is 0.224 e. The van der Waals surface area contributed by atoms with Crippen LogP contribution in [0.1, 0.15) is 19.0 Å². The van der Waals surface area contributed by atoms with Crippen LogP contribution in [0.4, 0.5) is 5.95 Å². The fourth-order valence-corrected chi connectivity index (χ4v) is 1.39. The Labute approximate surface area is 94.5 Å². The van der Waals surface area contributed by atoms with Crippen molar-refractivity contribution < 1.29 is 0 Å². The molecular weight excluding hydrogens is 202 g/mol. The lowest BCUT2D eigenvalue weighted by atomic mass is 10.4. The zero-order valence-electron chi connectivity index (χ0n) is 9.51. The monoisotopic (exact) mass is 217 g/mol. The van der Waals surface area contributed by atoms with E-state index in [1.54, 1.807) is 10.9 Å². The van der Waals surface area contributed by atoms with Crippen LogP contribution in [0.25, 0.3) is 5.82 Å². The van der Waals surface area contributed by atoms with E-state index in [-0.39, 0.29) is 0 Å². The molecule has 0 aromatic carbocycles. The highest BCUT2D eigenvalue weighted by Gasteiger charge is 2.03. The van der Waals surface area contributed by atoms with Crippen molar-refractivity contribution in [2.75, 3.05) is 11.9 Å². The molecule has 0 aliphatic rings. The van der Waals surface area contributed by atoms with Crippen LogP contribution in [0, 0.1) is 6.92 Å². The van der Waals surface area contributed by atoms with Gasteiger partial charge in [0, 0.05) is 30.7 Å². The van der Waals surface area contributed by atoms with Crippen LogP contribution in [-0.2, 0) is 0 Å². The summed E-state index contributed by atoms with van der Waals surface area (Å²) in [5.41, 5.74) is 0.930. The summed E-state index contributed by atoms with van der Waals surface area (Å²) < 4.78 is 1.73. The zero-order chi connectivity index (χ0) is 11.4. The largest absolute Gasteiger partial charge is 0.354 e. The second-order valence-electron chi connectivity index (χ2n) is 3.57. The second kappa shape index (κ2) is 4.74. The summed E-state index contributed by atoms with van der Waals surface area (Å²) in [7, 11) is 0. The topological polar surface area (TPSA) is 55.6 Å². The van der Waals surface area contributed by atoms with Gasteiger partial charge in [0.25, 0.3) is 0 Å². The van der Waals surface area contributed by atoms with E-state index in [1.165, 1.54) is 0 Å². The molecule has 0 unspecified atom stereocenters. The molecule has 1 N–H and O–H groups in total. The Morgan fingerprint density at radius 3 is 2.94 bits per heavy atom.